The molecule has 0 aromatic carbocycles. The minimum atomic E-state index is -0.819. The van der Waals surface area contributed by atoms with Gasteiger partial charge in [0.2, 0.25) is 5.89 Å². The minimum Gasteiger partial charge on any atom is -0.481 e. The third-order valence-corrected chi connectivity index (χ3v) is 6.85. The van der Waals surface area contributed by atoms with E-state index in [0.29, 0.717) is 30.3 Å². The molecule has 0 radical (unpaired) electrons. The van der Waals surface area contributed by atoms with Crippen LogP contribution in [0.15, 0.2) is 4.52 Å². The van der Waals surface area contributed by atoms with Crippen LogP contribution in [0.2, 0.25) is 0 Å². The van der Waals surface area contributed by atoms with Crippen LogP contribution < -0.4 is 5.32 Å². The van der Waals surface area contributed by atoms with E-state index >= 15 is 0 Å². The van der Waals surface area contributed by atoms with Gasteiger partial charge in [-0.15, -0.1) is 0 Å². The molecule has 0 aliphatic heterocycles. The molecule has 30 heavy (non-hydrogen) atoms. The number of carboxylic acid groups (broad SMARTS) is 1. The van der Waals surface area contributed by atoms with Gasteiger partial charge in [-0.2, -0.15) is 4.98 Å². The van der Waals surface area contributed by atoms with E-state index in [1.54, 1.807) is 7.11 Å². The van der Waals surface area contributed by atoms with Crippen molar-refractivity contribution in [2.24, 2.45) is 10.8 Å². The molecule has 1 heterocycles. The van der Waals surface area contributed by atoms with E-state index in [1.165, 1.54) is 32.1 Å². The number of methoxy groups -OCH3 is 1. The number of aliphatic carboxylic acids is 1. The predicted molar refractivity (Wildman–Crippen MR) is 116 cm³/mol. The Morgan fingerprint density at radius 1 is 1.27 bits per heavy atom. The first-order valence-electron chi connectivity index (χ1n) is 11.5. The fourth-order valence-corrected chi connectivity index (χ4v) is 4.86. The van der Waals surface area contributed by atoms with Crippen molar-refractivity contribution < 1.29 is 19.2 Å². The molecule has 172 valence electrons. The zero-order valence-electron chi connectivity index (χ0n) is 19.3. The summed E-state index contributed by atoms with van der Waals surface area (Å²) in [6, 6.07) is 0. The normalized spacial score (nSPS) is 17.7. The number of carbonyl (C=O) groups is 1. The first kappa shape index (κ1) is 24.8. The smallest absolute Gasteiger partial charge is 0.304 e. The summed E-state index contributed by atoms with van der Waals surface area (Å²) < 4.78 is 10.5. The monoisotopic (exact) mass is 423 g/mol. The summed E-state index contributed by atoms with van der Waals surface area (Å²) in [6.45, 7) is 9.11. The van der Waals surface area contributed by atoms with E-state index in [4.69, 9.17) is 9.26 Å². The van der Waals surface area contributed by atoms with Crippen LogP contribution in [0.3, 0.4) is 0 Å². The molecule has 1 atom stereocenters. The second kappa shape index (κ2) is 11.8. The highest BCUT2D eigenvalue weighted by Crippen LogP contribution is 2.53. The van der Waals surface area contributed by atoms with Crippen LogP contribution in [0.25, 0.3) is 0 Å². The van der Waals surface area contributed by atoms with Gasteiger partial charge in [-0.1, -0.05) is 51.6 Å². The summed E-state index contributed by atoms with van der Waals surface area (Å²) in [7, 11) is 1.69. The number of rotatable bonds is 13. The molecule has 2 N–H and O–H groups in total. The van der Waals surface area contributed by atoms with Crippen LogP contribution in [0.4, 0.5) is 0 Å². The van der Waals surface area contributed by atoms with E-state index < -0.39 is 5.97 Å². The number of hydrogen-bond acceptors (Lipinski definition) is 6. The van der Waals surface area contributed by atoms with Crippen LogP contribution in [0, 0.1) is 10.8 Å². The Morgan fingerprint density at radius 3 is 2.63 bits per heavy atom. The minimum absolute atomic E-state index is 0.0332. The average Bonchev–Trinajstić information content (AvgIpc) is 3.15. The third kappa shape index (κ3) is 7.34. The maximum Gasteiger partial charge on any atom is 0.304 e. The van der Waals surface area contributed by atoms with Gasteiger partial charge in [0.05, 0.1) is 13.0 Å². The Labute approximate surface area is 181 Å². The van der Waals surface area contributed by atoms with Crippen molar-refractivity contribution >= 4 is 5.97 Å². The van der Waals surface area contributed by atoms with Crippen molar-refractivity contribution in [1.82, 2.24) is 15.5 Å². The van der Waals surface area contributed by atoms with Crippen molar-refractivity contribution in [1.29, 1.82) is 0 Å². The molecule has 1 aliphatic rings. The van der Waals surface area contributed by atoms with Crippen molar-refractivity contribution in [3.63, 3.8) is 0 Å². The summed E-state index contributed by atoms with van der Waals surface area (Å²) in [5.41, 5.74) is 0.618. The number of ether oxygens (including phenoxy) is 1. The lowest BCUT2D eigenvalue weighted by atomic mass is 9.57. The second-order valence-electron chi connectivity index (χ2n) is 9.85. The third-order valence-electron chi connectivity index (χ3n) is 6.85. The van der Waals surface area contributed by atoms with Gasteiger partial charge in [-0.05, 0) is 49.5 Å². The van der Waals surface area contributed by atoms with E-state index in [-0.39, 0.29) is 17.8 Å². The molecule has 1 aliphatic carbocycles. The number of hydrogen-bond donors (Lipinski definition) is 2. The second-order valence-corrected chi connectivity index (χ2v) is 9.85. The van der Waals surface area contributed by atoms with Gasteiger partial charge in [0.25, 0.3) is 0 Å². The van der Waals surface area contributed by atoms with Crippen LogP contribution >= 0.6 is 0 Å². The predicted octanol–water partition coefficient (Wildman–Crippen LogP) is 4.92. The Bertz CT molecular complexity index is 633. The van der Waals surface area contributed by atoms with E-state index in [0.717, 1.165) is 32.2 Å². The fourth-order valence-electron chi connectivity index (χ4n) is 4.86. The maximum atomic E-state index is 11.4. The molecular formula is C23H41N3O4. The van der Waals surface area contributed by atoms with Gasteiger partial charge in [-0.25, -0.2) is 0 Å². The van der Waals surface area contributed by atoms with Gasteiger partial charge in [0.15, 0.2) is 5.82 Å². The topological polar surface area (TPSA) is 97.5 Å². The van der Waals surface area contributed by atoms with Crippen LogP contribution in [-0.2, 0) is 16.1 Å². The molecule has 0 bridgehead atoms. The number of nitrogens with one attached hydrogen (secondary N) is 1. The van der Waals surface area contributed by atoms with Crippen LogP contribution in [-0.4, -0.2) is 41.5 Å². The molecule has 0 saturated heterocycles. The lowest BCUT2D eigenvalue weighted by molar-refractivity contribution is -0.137. The molecule has 7 nitrogen and oxygen atoms in total. The highest BCUT2D eigenvalue weighted by atomic mass is 16.5. The van der Waals surface area contributed by atoms with Crippen LogP contribution in [0.1, 0.15) is 103 Å². The zero-order valence-corrected chi connectivity index (χ0v) is 19.3. The lowest BCUT2D eigenvalue weighted by Crippen LogP contribution is -2.37. The largest absolute Gasteiger partial charge is 0.481 e. The quantitative estimate of drug-likeness (QED) is 0.435. The molecule has 1 saturated carbocycles. The SMILES string of the molecule is COCCCNCc1noc(C(CCCC2(C(C)(C)C)CCCCC2)CC(=O)O)n1. The van der Waals surface area contributed by atoms with Gasteiger partial charge in [0.1, 0.15) is 0 Å². The van der Waals surface area contributed by atoms with Crippen molar-refractivity contribution in [3.05, 3.63) is 11.7 Å². The number of nitrogens with zero attached hydrogens (tertiary/aromatic N) is 2. The van der Waals surface area contributed by atoms with E-state index in [2.05, 4.69) is 36.2 Å². The summed E-state index contributed by atoms with van der Waals surface area (Å²) >= 11 is 0. The Hall–Kier alpha value is -1.47. The van der Waals surface area contributed by atoms with Crippen molar-refractivity contribution in [3.8, 4) is 0 Å². The van der Waals surface area contributed by atoms with Crippen molar-refractivity contribution in [2.45, 2.75) is 97.4 Å². The summed E-state index contributed by atoms with van der Waals surface area (Å²) in [4.78, 5) is 15.9. The molecule has 2 rings (SSSR count). The van der Waals surface area contributed by atoms with E-state index in [1.807, 2.05) is 0 Å². The summed E-state index contributed by atoms with van der Waals surface area (Å²) in [5, 5.41) is 16.7. The van der Waals surface area contributed by atoms with Gasteiger partial charge < -0.3 is 19.7 Å². The molecule has 7 heteroatoms. The van der Waals surface area contributed by atoms with E-state index in [9.17, 15) is 9.90 Å². The molecule has 1 unspecified atom stereocenters. The molecule has 1 aromatic heterocycles. The average molecular weight is 424 g/mol. The maximum absolute atomic E-state index is 11.4. The first-order valence-corrected chi connectivity index (χ1v) is 11.5. The van der Waals surface area contributed by atoms with Gasteiger partial charge in [0, 0.05) is 19.6 Å². The standard InChI is InChI=1S/C23H41N3O4/c1-22(2,3)23(11-6-5-7-12-23)13-8-10-18(16-20(27)28)21-25-19(26-30-21)17-24-14-9-15-29-4/h18,24H,5-17H2,1-4H3,(H,27,28). The highest BCUT2D eigenvalue weighted by Gasteiger charge is 2.41. The highest BCUT2D eigenvalue weighted by molar-refractivity contribution is 5.67. The molecule has 0 amide bonds. The summed E-state index contributed by atoms with van der Waals surface area (Å²) in [5.74, 6) is -0.00529. The molecule has 1 fully saturated rings. The lowest BCUT2D eigenvalue weighted by Gasteiger charge is -2.48. The van der Waals surface area contributed by atoms with Crippen LogP contribution in [0.5, 0.6) is 0 Å². The Balaban J connectivity index is 1.93. The summed E-state index contributed by atoms with van der Waals surface area (Å²) in [6.07, 6.45) is 10.3. The number of aromatic nitrogens is 2. The molecule has 0 spiro atoms. The Kier molecular flexibility index (Phi) is 9.75. The van der Waals surface area contributed by atoms with Gasteiger partial charge in [-0.3, -0.25) is 4.79 Å². The number of carboxylic acids is 1. The van der Waals surface area contributed by atoms with Gasteiger partial charge >= 0.3 is 5.97 Å². The Morgan fingerprint density at radius 2 is 2.00 bits per heavy atom. The fraction of sp³-hybridized carbons (Fsp3) is 0.870. The zero-order chi connectivity index (χ0) is 22.0. The first-order chi connectivity index (χ1) is 14.3. The molecular weight excluding hydrogens is 382 g/mol. The molecule has 1 aromatic rings. The van der Waals surface area contributed by atoms with Crippen molar-refractivity contribution in [2.75, 3.05) is 20.3 Å².